The van der Waals surface area contributed by atoms with Crippen LogP contribution in [0.3, 0.4) is 0 Å². The van der Waals surface area contributed by atoms with Gasteiger partial charge in [-0.05, 0) is 67.5 Å². The number of anilines is 1. The third-order valence-electron chi connectivity index (χ3n) is 6.16. The summed E-state index contributed by atoms with van der Waals surface area (Å²) in [7, 11) is 0. The molecule has 2 aromatic rings. The maximum absolute atomic E-state index is 13.0. The third-order valence-corrected chi connectivity index (χ3v) is 6.16. The van der Waals surface area contributed by atoms with Crippen molar-refractivity contribution in [3.63, 3.8) is 0 Å². The fourth-order valence-electron chi connectivity index (χ4n) is 4.03. The first-order valence-electron chi connectivity index (χ1n) is 10.5. The number of amides is 3. The van der Waals surface area contributed by atoms with Gasteiger partial charge in [0.2, 0.25) is 0 Å². The highest BCUT2D eigenvalue weighted by Gasteiger charge is 2.25. The minimum Gasteiger partial charge on any atom is -0.339 e. The number of hydrogen-bond donors (Lipinski definition) is 1. The zero-order valence-corrected chi connectivity index (χ0v) is 17.2. The molecular weight excluding hydrogens is 376 g/mol. The zero-order valence-electron chi connectivity index (χ0n) is 17.2. The molecule has 6 nitrogen and oxygen atoms in total. The lowest BCUT2D eigenvalue weighted by molar-refractivity contribution is 0.0713. The highest BCUT2D eigenvalue weighted by Crippen LogP contribution is 2.29. The number of nitrogens with one attached hydrogen (secondary N) is 1. The molecule has 0 aliphatic carbocycles. The van der Waals surface area contributed by atoms with Gasteiger partial charge in [0, 0.05) is 37.4 Å². The molecule has 2 saturated heterocycles. The van der Waals surface area contributed by atoms with Crippen LogP contribution in [0.1, 0.15) is 52.2 Å². The number of nitriles is 1. The van der Waals surface area contributed by atoms with Crippen LogP contribution in [0.2, 0.25) is 0 Å². The molecule has 0 saturated carbocycles. The fourth-order valence-corrected chi connectivity index (χ4v) is 4.03. The summed E-state index contributed by atoms with van der Waals surface area (Å²) in [6.45, 7) is 4.91. The van der Waals surface area contributed by atoms with Crippen LogP contribution in [0.5, 0.6) is 0 Å². The number of piperidine rings is 1. The first-order valence-corrected chi connectivity index (χ1v) is 10.5. The van der Waals surface area contributed by atoms with Gasteiger partial charge in [-0.3, -0.25) is 4.79 Å². The molecule has 2 heterocycles. The van der Waals surface area contributed by atoms with E-state index in [1.54, 1.807) is 11.0 Å². The number of hydrogen-bond acceptors (Lipinski definition) is 3. The monoisotopic (exact) mass is 402 g/mol. The number of urea groups is 1. The first-order chi connectivity index (χ1) is 14.5. The molecule has 0 atom stereocenters. The van der Waals surface area contributed by atoms with Crippen molar-refractivity contribution >= 4 is 17.6 Å². The number of rotatable bonds is 3. The molecule has 2 aliphatic rings. The van der Waals surface area contributed by atoms with Crippen molar-refractivity contribution in [3.8, 4) is 6.07 Å². The van der Waals surface area contributed by atoms with Gasteiger partial charge in [-0.25, -0.2) is 4.79 Å². The minimum absolute atomic E-state index is 0.00716. The molecule has 4 rings (SSSR count). The molecule has 2 aromatic carbocycles. The highest BCUT2D eigenvalue weighted by atomic mass is 16.2. The zero-order chi connectivity index (χ0) is 21.1. The molecule has 2 fully saturated rings. The van der Waals surface area contributed by atoms with Gasteiger partial charge < -0.3 is 15.1 Å². The summed E-state index contributed by atoms with van der Waals surface area (Å²) in [6.07, 6.45) is 2.85. The third kappa shape index (κ3) is 4.16. The van der Waals surface area contributed by atoms with Crippen molar-refractivity contribution < 1.29 is 9.59 Å². The Morgan fingerprint density at radius 2 is 1.70 bits per heavy atom. The normalized spacial score (nSPS) is 16.5. The van der Waals surface area contributed by atoms with E-state index < -0.39 is 0 Å². The van der Waals surface area contributed by atoms with E-state index in [1.807, 2.05) is 48.2 Å². The summed E-state index contributed by atoms with van der Waals surface area (Å²) in [5, 5.41) is 11.9. The predicted octanol–water partition coefficient (Wildman–Crippen LogP) is 4.12. The quantitative estimate of drug-likeness (QED) is 0.839. The van der Waals surface area contributed by atoms with Gasteiger partial charge >= 0.3 is 6.03 Å². The average Bonchev–Trinajstić information content (AvgIpc) is 2.74. The Hall–Kier alpha value is -3.33. The maximum atomic E-state index is 13.0. The van der Waals surface area contributed by atoms with E-state index in [-0.39, 0.29) is 11.9 Å². The van der Waals surface area contributed by atoms with Crippen LogP contribution in [0.25, 0.3) is 0 Å². The van der Waals surface area contributed by atoms with Crippen molar-refractivity contribution in [2.75, 3.05) is 31.5 Å². The van der Waals surface area contributed by atoms with E-state index in [1.165, 1.54) is 5.56 Å². The Labute approximate surface area is 177 Å². The highest BCUT2D eigenvalue weighted by molar-refractivity contribution is 5.97. The summed E-state index contributed by atoms with van der Waals surface area (Å²) < 4.78 is 0. The molecule has 3 amide bonds. The molecule has 0 spiro atoms. The number of nitrogens with zero attached hydrogens (tertiary/aromatic N) is 3. The molecule has 0 aromatic heterocycles. The lowest BCUT2D eigenvalue weighted by Gasteiger charge is -2.33. The molecule has 2 aliphatic heterocycles. The van der Waals surface area contributed by atoms with Gasteiger partial charge in [0.05, 0.1) is 11.6 Å². The first kappa shape index (κ1) is 20.0. The molecule has 1 N–H and O–H groups in total. The van der Waals surface area contributed by atoms with Crippen molar-refractivity contribution in [1.29, 1.82) is 5.26 Å². The van der Waals surface area contributed by atoms with E-state index in [0.29, 0.717) is 35.8 Å². The Balaban J connectivity index is 1.39. The van der Waals surface area contributed by atoms with E-state index in [2.05, 4.69) is 11.4 Å². The Bertz CT molecular complexity index is 981. The van der Waals surface area contributed by atoms with Crippen LogP contribution >= 0.6 is 0 Å². The largest absolute Gasteiger partial charge is 0.339 e. The molecule has 154 valence electrons. The van der Waals surface area contributed by atoms with Crippen LogP contribution < -0.4 is 5.32 Å². The summed E-state index contributed by atoms with van der Waals surface area (Å²) >= 11 is 0. The van der Waals surface area contributed by atoms with Crippen LogP contribution in [-0.4, -0.2) is 47.9 Å². The standard InChI is InChI=1S/C24H26N4O2/c1-17-3-6-21(15-22(17)26-24(30)28-11-2-12-28)23(29)27-13-9-20(10-14-27)19-7-4-18(16-25)5-8-19/h3-8,15,20H,2,9-14H2,1H3,(H,26,30). The second-order valence-electron chi connectivity index (χ2n) is 8.10. The van der Waals surface area contributed by atoms with Crippen LogP contribution in [-0.2, 0) is 0 Å². The Morgan fingerprint density at radius 3 is 2.30 bits per heavy atom. The van der Waals surface area contributed by atoms with Gasteiger partial charge in [0.25, 0.3) is 5.91 Å². The molecule has 6 heteroatoms. The predicted molar refractivity (Wildman–Crippen MR) is 115 cm³/mol. The van der Waals surface area contributed by atoms with Crippen molar-refractivity contribution in [2.24, 2.45) is 0 Å². The Kier molecular flexibility index (Phi) is 5.71. The molecule has 0 unspecified atom stereocenters. The van der Waals surface area contributed by atoms with Crippen molar-refractivity contribution in [2.45, 2.75) is 32.1 Å². The van der Waals surface area contributed by atoms with E-state index in [4.69, 9.17) is 5.26 Å². The van der Waals surface area contributed by atoms with Crippen LogP contribution in [0, 0.1) is 18.3 Å². The van der Waals surface area contributed by atoms with Gasteiger partial charge in [-0.15, -0.1) is 0 Å². The van der Waals surface area contributed by atoms with E-state index >= 15 is 0 Å². The van der Waals surface area contributed by atoms with Crippen molar-refractivity contribution in [1.82, 2.24) is 9.80 Å². The number of carbonyl (C=O) groups is 2. The lowest BCUT2D eigenvalue weighted by atomic mass is 9.89. The van der Waals surface area contributed by atoms with Crippen molar-refractivity contribution in [3.05, 3.63) is 64.7 Å². The topological polar surface area (TPSA) is 76.4 Å². The number of benzene rings is 2. The van der Waals surface area contributed by atoms with E-state index in [9.17, 15) is 9.59 Å². The number of aryl methyl sites for hydroxylation is 1. The maximum Gasteiger partial charge on any atom is 0.321 e. The summed E-state index contributed by atoms with van der Waals surface area (Å²) in [6, 6.07) is 15.3. The second-order valence-corrected chi connectivity index (χ2v) is 8.10. The second kappa shape index (κ2) is 8.58. The molecule has 0 bridgehead atoms. The average molecular weight is 402 g/mol. The summed E-state index contributed by atoms with van der Waals surface area (Å²) in [5.74, 6) is 0.416. The van der Waals surface area contributed by atoms with Crippen LogP contribution in [0.15, 0.2) is 42.5 Å². The Morgan fingerprint density at radius 1 is 1.00 bits per heavy atom. The number of carbonyl (C=O) groups excluding carboxylic acids is 2. The van der Waals surface area contributed by atoms with Crippen LogP contribution in [0.4, 0.5) is 10.5 Å². The van der Waals surface area contributed by atoms with Gasteiger partial charge in [0.1, 0.15) is 0 Å². The molecule has 30 heavy (non-hydrogen) atoms. The number of likely N-dealkylation sites (tertiary alicyclic amines) is 2. The molecule has 0 radical (unpaired) electrons. The lowest BCUT2D eigenvalue weighted by Crippen LogP contribution is -2.44. The van der Waals surface area contributed by atoms with E-state index in [0.717, 1.165) is 37.9 Å². The van der Waals surface area contributed by atoms with Gasteiger partial charge in [0.15, 0.2) is 0 Å². The summed E-state index contributed by atoms with van der Waals surface area (Å²) in [4.78, 5) is 28.9. The minimum atomic E-state index is -0.0998. The SMILES string of the molecule is Cc1ccc(C(=O)N2CCC(c3ccc(C#N)cc3)CC2)cc1NC(=O)N1CCC1. The summed E-state index contributed by atoms with van der Waals surface area (Å²) in [5.41, 5.74) is 4.15. The molecular formula is C24H26N4O2. The smallest absolute Gasteiger partial charge is 0.321 e. The fraction of sp³-hybridized carbons (Fsp3) is 0.375. The van der Waals surface area contributed by atoms with Gasteiger partial charge in [-0.2, -0.15) is 5.26 Å². The van der Waals surface area contributed by atoms with Gasteiger partial charge in [-0.1, -0.05) is 18.2 Å².